The Morgan fingerprint density at radius 1 is 1.29 bits per heavy atom. The average molecular weight is 241 g/mol. The lowest BCUT2D eigenvalue weighted by Gasteiger charge is -2.20. The van der Waals surface area contributed by atoms with Crippen molar-refractivity contribution in [2.45, 2.75) is 33.1 Å². The maximum absolute atomic E-state index is 5.50. The molecule has 98 valence electrons. The zero-order valence-corrected chi connectivity index (χ0v) is 11.0. The van der Waals surface area contributed by atoms with Crippen LogP contribution in [0.1, 0.15) is 26.0 Å². The minimum Gasteiger partial charge on any atom is -0.468 e. The van der Waals surface area contributed by atoms with Crippen molar-refractivity contribution in [3.05, 3.63) is 24.2 Å². The maximum atomic E-state index is 5.50. The van der Waals surface area contributed by atoms with Crippen LogP contribution in [0.2, 0.25) is 0 Å². The van der Waals surface area contributed by atoms with E-state index in [4.69, 9.17) is 13.9 Å². The molecular formula is C13H23NO3. The molecule has 0 aliphatic heterocycles. The second-order valence-electron chi connectivity index (χ2n) is 3.95. The van der Waals surface area contributed by atoms with Crippen molar-refractivity contribution >= 4 is 0 Å². The van der Waals surface area contributed by atoms with Gasteiger partial charge in [-0.3, -0.25) is 4.90 Å². The maximum Gasteiger partial charge on any atom is 0.158 e. The smallest absolute Gasteiger partial charge is 0.158 e. The zero-order valence-electron chi connectivity index (χ0n) is 11.0. The molecule has 0 aliphatic rings. The fraction of sp³-hybridized carbons (Fsp3) is 0.692. The molecule has 0 aliphatic carbocycles. The first-order chi connectivity index (χ1) is 8.26. The predicted molar refractivity (Wildman–Crippen MR) is 66.7 cm³/mol. The van der Waals surface area contributed by atoms with E-state index in [0.29, 0.717) is 13.2 Å². The molecule has 0 N–H and O–H groups in total. The third-order valence-electron chi connectivity index (χ3n) is 2.46. The Morgan fingerprint density at radius 3 is 2.53 bits per heavy atom. The van der Waals surface area contributed by atoms with Crippen molar-refractivity contribution < 1.29 is 13.9 Å². The highest BCUT2D eigenvalue weighted by atomic mass is 16.7. The molecule has 0 fully saturated rings. The second kappa shape index (κ2) is 8.28. The monoisotopic (exact) mass is 241 g/mol. The molecule has 1 aromatic rings. The van der Waals surface area contributed by atoms with E-state index in [1.165, 1.54) is 0 Å². The van der Waals surface area contributed by atoms with Crippen LogP contribution in [-0.4, -0.2) is 38.0 Å². The topological polar surface area (TPSA) is 34.8 Å². The molecule has 0 saturated heterocycles. The van der Waals surface area contributed by atoms with Crippen LogP contribution >= 0.6 is 0 Å². The van der Waals surface area contributed by atoms with Crippen LogP contribution in [0, 0.1) is 0 Å². The molecule has 0 radical (unpaired) electrons. The summed E-state index contributed by atoms with van der Waals surface area (Å²) >= 11 is 0. The van der Waals surface area contributed by atoms with Crippen LogP contribution in [0.5, 0.6) is 0 Å². The van der Waals surface area contributed by atoms with Crippen LogP contribution in [0.25, 0.3) is 0 Å². The summed E-state index contributed by atoms with van der Waals surface area (Å²) in [4.78, 5) is 2.20. The number of furan rings is 1. The summed E-state index contributed by atoms with van der Waals surface area (Å²) in [5.74, 6) is 0.983. The average Bonchev–Trinajstić information content (AvgIpc) is 2.79. The van der Waals surface area contributed by atoms with Gasteiger partial charge < -0.3 is 13.9 Å². The summed E-state index contributed by atoms with van der Waals surface area (Å²) in [5, 5.41) is 0. The molecule has 4 heteroatoms. The summed E-state index contributed by atoms with van der Waals surface area (Å²) in [7, 11) is 2.07. The van der Waals surface area contributed by atoms with Gasteiger partial charge in [0.2, 0.25) is 0 Å². The van der Waals surface area contributed by atoms with E-state index >= 15 is 0 Å². The van der Waals surface area contributed by atoms with Gasteiger partial charge in [-0.2, -0.15) is 0 Å². The number of hydrogen-bond acceptors (Lipinski definition) is 4. The van der Waals surface area contributed by atoms with E-state index in [1.54, 1.807) is 6.26 Å². The van der Waals surface area contributed by atoms with Gasteiger partial charge in [-0.25, -0.2) is 0 Å². The van der Waals surface area contributed by atoms with Gasteiger partial charge in [0, 0.05) is 26.2 Å². The summed E-state index contributed by atoms with van der Waals surface area (Å²) in [6.07, 6.45) is 2.48. The lowest BCUT2D eigenvalue weighted by Crippen LogP contribution is -2.26. The van der Waals surface area contributed by atoms with E-state index in [0.717, 1.165) is 25.3 Å². The van der Waals surface area contributed by atoms with Crippen LogP contribution in [-0.2, 0) is 16.0 Å². The van der Waals surface area contributed by atoms with Gasteiger partial charge in [0.05, 0.1) is 12.8 Å². The first-order valence-electron chi connectivity index (χ1n) is 6.20. The van der Waals surface area contributed by atoms with E-state index in [-0.39, 0.29) is 6.29 Å². The van der Waals surface area contributed by atoms with E-state index < -0.39 is 0 Å². The second-order valence-corrected chi connectivity index (χ2v) is 3.95. The molecule has 0 bridgehead atoms. The van der Waals surface area contributed by atoms with Crippen molar-refractivity contribution in [1.82, 2.24) is 4.90 Å². The molecule has 0 saturated carbocycles. The third kappa shape index (κ3) is 5.86. The molecule has 1 heterocycles. The molecule has 1 aromatic heterocycles. The number of hydrogen-bond donors (Lipinski definition) is 0. The van der Waals surface area contributed by atoms with E-state index in [1.807, 2.05) is 26.0 Å². The molecular weight excluding hydrogens is 218 g/mol. The van der Waals surface area contributed by atoms with Gasteiger partial charge in [0.25, 0.3) is 0 Å². The normalized spacial score (nSPS) is 11.6. The molecule has 1 rings (SSSR count). The zero-order chi connectivity index (χ0) is 12.5. The molecule has 0 unspecified atom stereocenters. The van der Waals surface area contributed by atoms with Crippen molar-refractivity contribution in [2.24, 2.45) is 0 Å². The summed E-state index contributed by atoms with van der Waals surface area (Å²) in [6, 6.07) is 3.89. The molecule has 0 spiro atoms. The largest absolute Gasteiger partial charge is 0.468 e. The van der Waals surface area contributed by atoms with Crippen molar-refractivity contribution in [3.63, 3.8) is 0 Å². The number of ether oxygens (including phenoxy) is 2. The lowest BCUT2D eigenvalue weighted by molar-refractivity contribution is -0.141. The van der Waals surface area contributed by atoms with Crippen molar-refractivity contribution in [2.75, 3.05) is 26.8 Å². The number of rotatable bonds is 9. The van der Waals surface area contributed by atoms with Crippen LogP contribution in [0.4, 0.5) is 0 Å². The predicted octanol–water partition coefficient (Wildman–Crippen LogP) is 2.50. The van der Waals surface area contributed by atoms with Gasteiger partial charge >= 0.3 is 0 Å². The fourth-order valence-corrected chi connectivity index (χ4v) is 1.66. The van der Waals surface area contributed by atoms with Gasteiger partial charge in [0.15, 0.2) is 6.29 Å². The lowest BCUT2D eigenvalue weighted by atomic mass is 10.3. The first-order valence-corrected chi connectivity index (χ1v) is 6.20. The van der Waals surface area contributed by atoms with E-state index in [9.17, 15) is 0 Å². The summed E-state index contributed by atoms with van der Waals surface area (Å²) in [6.45, 7) is 7.08. The molecule has 0 atom stereocenters. The molecule has 17 heavy (non-hydrogen) atoms. The Labute approximate surface area is 103 Å². The third-order valence-corrected chi connectivity index (χ3v) is 2.46. The number of nitrogens with zero attached hydrogens (tertiary/aromatic N) is 1. The van der Waals surface area contributed by atoms with Crippen LogP contribution in [0.3, 0.4) is 0 Å². The Kier molecular flexibility index (Phi) is 6.93. The molecule has 4 nitrogen and oxygen atoms in total. The minimum absolute atomic E-state index is 0.0935. The van der Waals surface area contributed by atoms with Gasteiger partial charge in [-0.15, -0.1) is 0 Å². The highest BCUT2D eigenvalue weighted by molar-refractivity contribution is 4.97. The highest BCUT2D eigenvalue weighted by Crippen LogP contribution is 2.07. The van der Waals surface area contributed by atoms with Crippen LogP contribution in [0.15, 0.2) is 22.8 Å². The van der Waals surface area contributed by atoms with Gasteiger partial charge in [0.1, 0.15) is 5.76 Å². The van der Waals surface area contributed by atoms with Gasteiger partial charge in [-0.1, -0.05) is 0 Å². The first kappa shape index (κ1) is 14.2. The van der Waals surface area contributed by atoms with E-state index in [2.05, 4.69) is 11.9 Å². The Hall–Kier alpha value is -0.840. The Bertz CT molecular complexity index is 268. The quantitative estimate of drug-likeness (QED) is 0.622. The molecule has 0 amide bonds. The highest BCUT2D eigenvalue weighted by Gasteiger charge is 2.10. The standard InChI is InChI=1S/C13H23NO3/c1-4-15-13(16-5-2)8-9-14(3)11-12-7-6-10-17-12/h6-7,10,13H,4-5,8-9,11H2,1-3H3. The van der Waals surface area contributed by atoms with Crippen LogP contribution < -0.4 is 0 Å². The molecule has 0 aromatic carbocycles. The Morgan fingerprint density at radius 2 is 2.00 bits per heavy atom. The Balaban J connectivity index is 2.23. The minimum atomic E-state index is -0.0935. The summed E-state index contributed by atoms with van der Waals surface area (Å²) in [5.41, 5.74) is 0. The summed E-state index contributed by atoms with van der Waals surface area (Å²) < 4.78 is 16.3. The SMILES string of the molecule is CCOC(CCN(C)Cc1ccco1)OCC. The van der Waals surface area contributed by atoms with Crippen molar-refractivity contribution in [3.8, 4) is 0 Å². The van der Waals surface area contributed by atoms with Crippen molar-refractivity contribution in [1.29, 1.82) is 0 Å². The fourth-order valence-electron chi connectivity index (χ4n) is 1.66. The van der Waals surface area contributed by atoms with Gasteiger partial charge in [-0.05, 0) is 33.0 Å².